The summed E-state index contributed by atoms with van der Waals surface area (Å²) in [6.45, 7) is 3.77. The Morgan fingerprint density at radius 2 is 1.96 bits per heavy atom. The smallest absolute Gasteiger partial charge is 0.234 e. The summed E-state index contributed by atoms with van der Waals surface area (Å²) >= 11 is 0. The van der Waals surface area contributed by atoms with Gasteiger partial charge in [-0.15, -0.1) is 5.53 Å². The van der Waals surface area contributed by atoms with Gasteiger partial charge in [0.2, 0.25) is 5.88 Å². The summed E-state index contributed by atoms with van der Waals surface area (Å²) in [5.41, 5.74) is 7.10. The van der Waals surface area contributed by atoms with Crippen molar-refractivity contribution in [1.29, 1.82) is 0 Å². The lowest BCUT2D eigenvalue weighted by Crippen LogP contribution is -2.43. The van der Waals surface area contributed by atoms with Gasteiger partial charge >= 0.3 is 0 Å². The van der Waals surface area contributed by atoms with E-state index in [1.165, 1.54) is 11.1 Å². The number of allylic oxidation sites excluding steroid dienone is 1. The lowest BCUT2D eigenvalue weighted by atomic mass is 10.0. The maximum absolute atomic E-state index is 14.3. The number of hydrogen-bond acceptors (Lipinski definition) is 5. The van der Waals surface area contributed by atoms with Gasteiger partial charge in [0.15, 0.2) is 0 Å². The number of para-hydroxylation sites is 1. The number of nitrogens with one attached hydrogen (secondary N) is 1. The molecule has 23 heavy (non-hydrogen) atoms. The molecule has 2 aliphatic heterocycles. The van der Waals surface area contributed by atoms with E-state index in [4.69, 9.17) is 0 Å². The minimum absolute atomic E-state index is 0.0123. The Kier molecular flexibility index (Phi) is 2.89. The average Bonchev–Trinajstić information content (AvgIpc) is 2.86. The van der Waals surface area contributed by atoms with Gasteiger partial charge in [0, 0.05) is 11.3 Å². The van der Waals surface area contributed by atoms with Crippen molar-refractivity contribution >= 4 is 17.5 Å². The predicted octanol–water partition coefficient (Wildman–Crippen LogP) is 3.42. The first-order valence-corrected chi connectivity index (χ1v) is 7.26. The van der Waals surface area contributed by atoms with Crippen LogP contribution in [-0.4, -0.2) is 10.1 Å². The van der Waals surface area contributed by atoms with Crippen molar-refractivity contribution in [3.8, 4) is 0 Å². The van der Waals surface area contributed by atoms with Crippen LogP contribution in [-0.2, 0) is 0 Å². The molecule has 0 saturated heterocycles. The normalized spacial score (nSPS) is 16.4. The van der Waals surface area contributed by atoms with Gasteiger partial charge < -0.3 is 5.11 Å². The van der Waals surface area contributed by atoms with Crippen molar-refractivity contribution in [2.24, 2.45) is 0 Å². The monoisotopic (exact) mass is 310 g/mol. The third-order valence-electron chi connectivity index (χ3n) is 3.99. The van der Waals surface area contributed by atoms with Crippen LogP contribution in [0.3, 0.4) is 0 Å². The van der Waals surface area contributed by atoms with Crippen LogP contribution in [0.15, 0.2) is 53.7 Å². The number of fused-ring (bicyclic) bond motifs is 3. The van der Waals surface area contributed by atoms with Gasteiger partial charge in [-0.25, -0.2) is 14.4 Å². The van der Waals surface area contributed by atoms with E-state index < -0.39 is 0 Å². The number of nitrogens with zero attached hydrogens (tertiary/aromatic N) is 3. The first kappa shape index (κ1) is 13.8. The summed E-state index contributed by atoms with van der Waals surface area (Å²) in [7, 11) is 0. The number of hydrazine groups is 2. The molecule has 2 aliphatic rings. The summed E-state index contributed by atoms with van der Waals surface area (Å²) in [6, 6.07) is 8.60. The molecule has 1 aromatic carbocycles. The van der Waals surface area contributed by atoms with E-state index in [2.05, 4.69) is 10.5 Å². The van der Waals surface area contributed by atoms with Crippen molar-refractivity contribution in [3.05, 3.63) is 70.8 Å². The van der Waals surface area contributed by atoms with Gasteiger partial charge in [0.1, 0.15) is 17.2 Å². The second kappa shape index (κ2) is 4.82. The number of halogens is 1. The fourth-order valence-corrected chi connectivity index (χ4v) is 2.88. The standard InChI is InChI=1S/C17H15FN4O/c1-10-8-12-4-3-5-14(18)16(12)22-15(10)17(23)21(20-22)13-7-6-11(2)19-9-13/h3-9,20,23H,1-2H3. The number of hydrogen-bond donors (Lipinski definition) is 2. The highest BCUT2D eigenvalue weighted by molar-refractivity contribution is 5.81. The van der Waals surface area contributed by atoms with Crippen LogP contribution >= 0.6 is 0 Å². The Bertz CT molecular complexity index is 857. The molecule has 2 aromatic rings. The molecule has 0 aliphatic carbocycles. The molecule has 3 heterocycles. The van der Waals surface area contributed by atoms with Gasteiger partial charge in [0.05, 0.1) is 11.9 Å². The molecule has 2 N–H and O–H groups in total. The fourth-order valence-electron chi connectivity index (χ4n) is 2.88. The Labute approximate surface area is 132 Å². The van der Waals surface area contributed by atoms with Gasteiger partial charge in [-0.2, -0.15) is 0 Å². The summed E-state index contributed by atoms with van der Waals surface area (Å²) in [5, 5.41) is 13.7. The molecule has 5 nitrogen and oxygen atoms in total. The molecular weight excluding hydrogens is 295 g/mol. The maximum Gasteiger partial charge on any atom is 0.234 e. The summed E-state index contributed by atoms with van der Waals surface area (Å²) in [4.78, 5) is 4.23. The molecule has 116 valence electrons. The zero-order valence-corrected chi connectivity index (χ0v) is 12.7. The zero-order valence-electron chi connectivity index (χ0n) is 12.7. The van der Waals surface area contributed by atoms with Crippen molar-refractivity contribution in [1.82, 2.24) is 10.5 Å². The van der Waals surface area contributed by atoms with E-state index in [0.717, 1.165) is 16.8 Å². The third-order valence-corrected chi connectivity index (χ3v) is 3.99. The van der Waals surface area contributed by atoms with Crippen molar-refractivity contribution in [2.75, 3.05) is 10.0 Å². The molecule has 0 saturated carbocycles. The van der Waals surface area contributed by atoms with E-state index in [-0.39, 0.29) is 11.7 Å². The predicted molar refractivity (Wildman–Crippen MR) is 86.8 cm³/mol. The maximum atomic E-state index is 14.3. The molecule has 4 rings (SSSR count). The quantitative estimate of drug-likeness (QED) is 0.845. The van der Waals surface area contributed by atoms with Crippen LogP contribution in [0.1, 0.15) is 18.2 Å². The van der Waals surface area contributed by atoms with Crippen molar-refractivity contribution < 1.29 is 9.50 Å². The van der Waals surface area contributed by atoms with E-state index in [1.54, 1.807) is 17.3 Å². The minimum atomic E-state index is -0.354. The van der Waals surface area contributed by atoms with E-state index in [0.29, 0.717) is 17.1 Å². The van der Waals surface area contributed by atoms with Gasteiger partial charge in [-0.05, 0) is 43.7 Å². The van der Waals surface area contributed by atoms with Gasteiger partial charge in [-0.3, -0.25) is 4.98 Å². The molecule has 0 bridgehead atoms. The number of anilines is 2. The highest BCUT2D eigenvalue weighted by Gasteiger charge is 2.36. The second-order valence-electron chi connectivity index (χ2n) is 5.61. The topological polar surface area (TPSA) is 51.6 Å². The fraction of sp³-hybridized carbons (Fsp3) is 0.118. The van der Waals surface area contributed by atoms with Crippen molar-refractivity contribution in [3.63, 3.8) is 0 Å². The van der Waals surface area contributed by atoms with E-state index in [1.807, 2.05) is 38.1 Å². The number of aliphatic hydroxyl groups is 1. The van der Waals surface area contributed by atoms with Crippen LogP contribution in [0, 0.1) is 12.7 Å². The highest BCUT2D eigenvalue weighted by atomic mass is 19.1. The Morgan fingerprint density at radius 3 is 2.70 bits per heavy atom. The molecule has 0 atom stereocenters. The SMILES string of the molecule is CC1=Cc2cccc(F)c2N2NN(c3ccc(C)nc3)C(O)=C12. The number of aromatic nitrogens is 1. The van der Waals surface area contributed by atoms with Crippen LogP contribution in [0.2, 0.25) is 0 Å². The first-order chi connectivity index (χ1) is 11.1. The minimum Gasteiger partial charge on any atom is -0.492 e. The van der Waals surface area contributed by atoms with Gasteiger partial charge in [0.25, 0.3) is 0 Å². The number of aliphatic hydroxyl groups excluding tert-OH is 1. The highest BCUT2D eigenvalue weighted by Crippen LogP contribution is 2.40. The molecule has 0 radical (unpaired) electrons. The summed E-state index contributed by atoms with van der Waals surface area (Å²) < 4.78 is 14.3. The molecule has 0 spiro atoms. The van der Waals surface area contributed by atoms with Crippen LogP contribution in [0.4, 0.5) is 15.8 Å². The van der Waals surface area contributed by atoms with E-state index >= 15 is 0 Å². The van der Waals surface area contributed by atoms with Crippen molar-refractivity contribution in [2.45, 2.75) is 13.8 Å². The summed E-state index contributed by atoms with van der Waals surface area (Å²) in [6.07, 6.45) is 3.51. The van der Waals surface area contributed by atoms with Crippen LogP contribution in [0.5, 0.6) is 0 Å². The number of aryl methyl sites for hydroxylation is 1. The Morgan fingerprint density at radius 1 is 1.13 bits per heavy atom. The molecular formula is C17H15FN4O. The van der Waals surface area contributed by atoms with E-state index in [9.17, 15) is 9.50 Å². The van der Waals surface area contributed by atoms with Crippen LogP contribution < -0.4 is 15.6 Å². The Balaban J connectivity index is 1.84. The number of rotatable bonds is 1. The second-order valence-corrected chi connectivity index (χ2v) is 5.61. The molecule has 0 amide bonds. The summed E-state index contributed by atoms with van der Waals surface area (Å²) in [5.74, 6) is -0.341. The number of benzene rings is 1. The largest absolute Gasteiger partial charge is 0.492 e. The average molecular weight is 310 g/mol. The molecule has 6 heteroatoms. The lowest BCUT2D eigenvalue weighted by Gasteiger charge is -2.28. The van der Waals surface area contributed by atoms with Gasteiger partial charge in [-0.1, -0.05) is 12.1 Å². The van der Waals surface area contributed by atoms with Crippen LogP contribution in [0.25, 0.3) is 6.08 Å². The molecule has 0 unspecified atom stereocenters. The zero-order chi connectivity index (χ0) is 16.1. The Hall–Kier alpha value is -2.86. The first-order valence-electron chi connectivity index (χ1n) is 7.26. The molecule has 1 aromatic heterocycles. The number of pyridine rings is 1. The lowest BCUT2D eigenvalue weighted by molar-refractivity contribution is 0.387. The third kappa shape index (κ3) is 1.99. The molecule has 0 fully saturated rings.